The van der Waals surface area contributed by atoms with Gasteiger partial charge in [0.2, 0.25) is 0 Å². The standard InChI is InChI=1S/C9H7BrClN/c1-6-4-7(9(11)5-12)2-3-8(6)10/h2-4,9H,1H3. The van der Waals surface area contributed by atoms with Crippen molar-refractivity contribution in [1.82, 2.24) is 0 Å². The molecule has 0 spiro atoms. The van der Waals surface area contributed by atoms with Crippen LogP contribution in [0.15, 0.2) is 22.7 Å². The number of hydrogen-bond donors (Lipinski definition) is 0. The second-order valence-electron chi connectivity index (χ2n) is 2.50. The molecule has 3 heteroatoms. The zero-order valence-corrected chi connectivity index (χ0v) is 8.85. The van der Waals surface area contributed by atoms with Gasteiger partial charge in [0.15, 0.2) is 0 Å². The van der Waals surface area contributed by atoms with Gasteiger partial charge >= 0.3 is 0 Å². The molecule has 1 atom stereocenters. The maximum atomic E-state index is 8.55. The minimum atomic E-state index is -0.545. The summed E-state index contributed by atoms with van der Waals surface area (Å²) in [6.07, 6.45) is 0. The Morgan fingerprint density at radius 2 is 2.25 bits per heavy atom. The number of halogens is 2. The molecular formula is C9H7BrClN. The van der Waals surface area contributed by atoms with Crippen LogP contribution < -0.4 is 0 Å². The normalized spacial score (nSPS) is 12.2. The lowest BCUT2D eigenvalue weighted by atomic mass is 10.1. The lowest BCUT2D eigenvalue weighted by Crippen LogP contribution is -1.87. The number of hydrogen-bond acceptors (Lipinski definition) is 1. The minimum Gasteiger partial charge on any atom is -0.196 e. The number of nitrogens with zero attached hydrogens (tertiary/aromatic N) is 1. The molecule has 0 bridgehead atoms. The van der Waals surface area contributed by atoms with Gasteiger partial charge in [0.1, 0.15) is 5.38 Å². The summed E-state index contributed by atoms with van der Waals surface area (Å²) in [6, 6.07) is 7.63. The van der Waals surface area contributed by atoms with E-state index in [-0.39, 0.29) is 0 Å². The number of nitriles is 1. The van der Waals surface area contributed by atoms with Crippen molar-refractivity contribution >= 4 is 27.5 Å². The summed E-state index contributed by atoms with van der Waals surface area (Å²) in [5.41, 5.74) is 1.94. The fourth-order valence-corrected chi connectivity index (χ4v) is 1.28. The molecule has 1 unspecified atom stereocenters. The van der Waals surface area contributed by atoms with E-state index in [2.05, 4.69) is 15.9 Å². The number of rotatable bonds is 1. The highest BCUT2D eigenvalue weighted by atomic mass is 79.9. The van der Waals surface area contributed by atoms with Crippen LogP contribution in [0.2, 0.25) is 0 Å². The molecule has 0 aromatic heterocycles. The van der Waals surface area contributed by atoms with Gasteiger partial charge in [0.05, 0.1) is 6.07 Å². The van der Waals surface area contributed by atoms with Gasteiger partial charge in [-0.15, -0.1) is 11.6 Å². The molecule has 0 radical (unpaired) electrons. The average molecular weight is 245 g/mol. The van der Waals surface area contributed by atoms with Crippen LogP contribution in [0.5, 0.6) is 0 Å². The summed E-state index contributed by atoms with van der Waals surface area (Å²) < 4.78 is 1.04. The van der Waals surface area contributed by atoms with Crippen molar-refractivity contribution in [2.75, 3.05) is 0 Å². The first-order valence-corrected chi connectivity index (χ1v) is 4.68. The third-order valence-corrected chi connectivity index (χ3v) is 2.83. The Hall–Kier alpha value is -0.520. The molecular weight excluding hydrogens is 237 g/mol. The summed E-state index contributed by atoms with van der Waals surface area (Å²) in [4.78, 5) is 0. The third kappa shape index (κ3) is 2.00. The number of alkyl halides is 1. The van der Waals surface area contributed by atoms with Crippen molar-refractivity contribution in [3.05, 3.63) is 33.8 Å². The Morgan fingerprint density at radius 1 is 1.58 bits per heavy atom. The van der Waals surface area contributed by atoms with Crippen molar-refractivity contribution in [3.63, 3.8) is 0 Å². The molecule has 62 valence electrons. The van der Waals surface area contributed by atoms with Crippen molar-refractivity contribution < 1.29 is 0 Å². The second-order valence-corrected chi connectivity index (χ2v) is 3.79. The van der Waals surface area contributed by atoms with Crippen molar-refractivity contribution in [3.8, 4) is 6.07 Å². The van der Waals surface area contributed by atoms with Crippen LogP contribution >= 0.6 is 27.5 Å². The first-order valence-electron chi connectivity index (χ1n) is 3.45. The van der Waals surface area contributed by atoms with Gasteiger partial charge in [0.25, 0.3) is 0 Å². The average Bonchev–Trinajstić information content (AvgIpc) is 2.08. The fourth-order valence-electron chi connectivity index (χ4n) is 0.900. The largest absolute Gasteiger partial charge is 0.196 e. The molecule has 1 aromatic carbocycles. The topological polar surface area (TPSA) is 23.8 Å². The SMILES string of the molecule is Cc1cc(C(Cl)C#N)ccc1Br. The maximum absolute atomic E-state index is 8.55. The molecule has 0 N–H and O–H groups in total. The Kier molecular flexibility index (Phi) is 3.13. The predicted molar refractivity (Wildman–Crippen MR) is 53.1 cm³/mol. The molecule has 12 heavy (non-hydrogen) atoms. The highest BCUT2D eigenvalue weighted by Gasteiger charge is 2.06. The van der Waals surface area contributed by atoms with Gasteiger partial charge in [-0.25, -0.2) is 0 Å². The van der Waals surface area contributed by atoms with Crippen LogP contribution in [0.25, 0.3) is 0 Å². The quantitative estimate of drug-likeness (QED) is 0.693. The Morgan fingerprint density at radius 3 is 2.75 bits per heavy atom. The van der Waals surface area contributed by atoms with Gasteiger partial charge in [-0.1, -0.05) is 28.1 Å². The van der Waals surface area contributed by atoms with Crippen LogP contribution in [0.4, 0.5) is 0 Å². The van der Waals surface area contributed by atoms with Crippen molar-refractivity contribution in [2.45, 2.75) is 12.3 Å². The highest BCUT2D eigenvalue weighted by Crippen LogP contribution is 2.24. The van der Waals surface area contributed by atoms with E-state index in [4.69, 9.17) is 16.9 Å². The molecule has 0 aliphatic rings. The molecule has 0 aliphatic carbocycles. The van der Waals surface area contributed by atoms with E-state index >= 15 is 0 Å². The van der Waals surface area contributed by atoms with Crippen molar-refractivity contribution in [2.24, 2.45) is 0 Å². The van der Waals surface area contributed by atoms with Crippen LogP contribution in [0.1, 0.15) is 16.5 Å². The van der Waals surface area contributed by atoms with E-state index < -0.39 is 5.38 Å². The van der Waals surface area contributed by atoms with E-state index in [0.29, 0.717) is 0 Å². The minimum absolute atomic E-state index is 0.545. The molecule has 1 rings (SSSR count). The van der Waals surface area contributed by atoms with E-state index in [9.17, 15) is 0 Å². The Labute approximate surface area is 85.1 Å². The molecule has 0 heterocycles. The maximum Gasteiger partial charge on any atom is 0.145 e. The van der Waals surface area contributed by atoms with Crippen LogP contribution in [-0.4, -0.2) is 0 Å². The summed E-state index contributed by atoms with van der Waals surface area (Å²) >= 11 is 9.11. The third-order valence-electron chi connectivity index (χ3n) is 1.59. The van der Waals surface area contributed by atoms with Crippen molar-refractivity contribution in [1.29, 1.82) is 5.26 Å². The Bertz CT molecular complexity index is 330. The monoisotopic (exact) mass is 243 g/mol. The molecule has 0 saturated heterocycles. The lowest BCUT2D eigenvalue weighted by Gasteiger charge is -2.03. The number of aryl methyl sites for hydroxylation is 1. The van der Waals surface area contributed by atoms with Gasteiger partial charge in [0, 0.05) is 4.47 Å². The van der Waals surface area contributed by atoms with Crippen LogP contribution in [0.3, 0.4) is 0 Å². The smallest absolute Gasteiger partial charge is 0.145 e. The summed E-state index contributed by atoms with van der Waals surface area (Å²) in [5, 5.41) is 8.01. The van der Waals surface area contributed by atoms with Gasteiger partial charge in [-0.05, 0) is 24.1 Å². The predicted octanol–water partition coefficient (Wildman–Crippen LogP) is 3.56. The van der Waals surface area contributed by atoms with Gasteiger partial charge < -0.3 is 0 Å². The van der Waals surface area contributed by atoms with Gasteiger partial charge in [-0.3, -0.25) is 0 Å². The van der Waals surface area contributed by atoms with E-state index in [0.717, 1.165) is 15.6 Å². The summed E-state index contributed by atoms with van der Waals surface area (Å²) in [7, 11) is 0. The van der Waals surface area contributed by atoms with Crippen LogP contribution in [0, 0.1) is 18.3 Å². The highest BCUT2D eigenvalue weighted by molar-refractivity contribution is 9.10. The van der Waals surface area contributed by atoms with E-state index in [1.165, 1.54) is 0 Å². The summed E-state index contributed by atoms with van der Waals surface area (Å²) in [6.45, 7) is 1.97. The zero-order chi connectivity index (χ0) is 9.14. The van der Waals surface area contributed by atoms with Crippen LogP contribution in [-0.2, 0) is 0 Å². The second kappa shape index (κ2) is 3.93. The first-order chi connectivity index (χ1) is 5.65. The van der Waals surface area contributed by atoms with E-state index in [1.54, 1.807) is 0 Å². The fraction of sp³-hybridized carbons (Fsp3) is 0.222. The zero-order valence-electron chi connectivity index (χ0n) is 6.51. The molecule has 0 amide bonds. The molecule has 1 aromatic rings. The van der Waals surface area contributed by atoms with Gasteiger partial charge in [-0.2, -0.15) is 5.26 Å². The van der Waals surface area contributed by atoms with E-state index in [1.807, 2.05) is 31.2 Å². The molecule has 0 aliphatic heterocycles. The lowest BCUT2D eigenvalue weighted by molar-refractivity contribution is 1.19. The summed E-state index contributed by atoms with van der Waals surface area (Å²) in [5.74, 6) is 0. The molecule has 0 fully saturated rings. The Balaban J connectivity index is 3.06. The first kappa shape index (κ1) is 9.57. The number of benzene rings is 1. The molecule has 0 saturated carbocycles. The molecule has 1 nitrogen and oxygen atoms in total.